The third-order valence-corrected chi connectivity index (χ3v) is 4.84. The van der Waals surface area contributed by atoms with Crippen LogP contribution >= 0.6 is 48.6 Å². The van der Waals surface area contributed by atoms with E-state index in [-0.39, 0.29) is 43.1 Å². The first kappa shape index (κ1) is 24.1. The number of nitrogens with zero attached hydrogens (tertiary/aromatic N) is 4. The molecule has 1 fully saturated rings. The molecule has 0 aromatic carbocycles. The highest BCUT2D eigenvalue weighted by Crippen LogP contribution is 2.24. The fourth-order valence-electron chi connectivity index (χ4n) is 2.80. The minimum absolute atomic E-state index is 0. The first-order valence-corrected chi connectivity index (χ1v) is 9.08. The predicted octanol–water partition coefficient (Wildman–Crippen LogP) is 5.13. The molecule has 150 valence electrons. The van der Waals surface area contributed by atoms with Crippen molar-refractivity contribution in [3.05, 3.63) is 48.1 Å². The summed E-state index contributed by atoms with van der Waals surface area (Å²) in [5.41, 5.74) is 1.68. The molecule has 3 aromatic rings. The maximum absolute atomic E-state index is 12.0. The van der Waals surface area contributed by atoms with E-state index in [1.54, 1.807) is 23.7 Å². The van der Waals surface area contributed by atoms with Crippen molar-refractivity contribution >= 4 is 71.8 Å². The summed E-state index contributed by atoms with van der Waals surface area (Å²) in [6, 6.07) is 9.55. The number of halogens is 3. The van der Waals surface area contributed by atoms with Crippen LogP contribution in [0.1, 0.15) is 19.3 Å². The van der Waals surface area contributed by atoms with Crippen LogP contribution in [0.15, 0.2) is 48.1 Å². The molecule has 1 aliphatic heterocycles. The Morgan fingerprint density at radius 2 is 1.86 bits per heavy atom. The lowest BCUT2D eigenvalue weighted by Gasteiger charge is -2.26. The molecule has 1 amide bonds. The molecular formula is C18H20Cl3N5OS. The number of hydrogen-bond donors (Lipinski definition) is 1. The fourth-order valence-corrected chi connectivity index (χ4v) is 3.41. The number of carbonyl (C=O) groups excluding carboxylic acids is 1. The molecule has 0 atom stereocenters. The van der Waals surface area contributed by atoms with Crippen LogP contribution in [0.2, 0.25) is 0 Å². The van der Waals surface area contributed by atoms with Gasteiger partial charge in [-0.25, -0.2) is 15.0 Å². The Morgan fingerprint density at radius 1 is 1.00 bits per heavy atom. The van der Waals surface area contributed by atoms with Crippen molar-refractivity contribution < 1.29 is 4.79 Å². The molecule has 0 bridgehead atoms. The van der Waals surface area contributed by atoms with Crippen LogP contribution in [0.5, 0.6) is 0 Å². The highest BCUT2D eigenvalue weighted by atomic mass is 35.5. The second kappa shape index (κ2) is 11.2. The molecule has 0 aliphatic carbocycles. The third-order valence-electron chi connectivity index (χ3n) is 4.04. The van der Waals surface area contributed by atoms with E-state index in [1.165, 1.54) is 0 Å². The van der Waals surface area contributed by atoms with Crippen molar-refractivity contribution in [2.24, 2.45) is 0 Å². The van der Waals surface area contributed by atoms with Gasteiger partial charge in [-0.2, -0.15) is 0 Å². The molecule has 4 rings (SSSR count). The van der Waals surface area contributed by atoms with Gasteiger partial charge in [0.05, 0.1) is 11.9 Å². The number of nitrogens with one attached hydrogen (secondary N) is 1. The molecule has 1 aliphatic rings. The topological polar surface area (TPSA) is 71.0 Å². The fraction of sp³-hybridized carbons (Fsp3) is 0.222. The zero-order chi connectivity index (χ0) is 17.1. The monoisotopic (exact) mass is 459 g/mol. The van der Waals surface area contributed by atoms with Crippen LogP contribution in [0, 0.1) is 0 Å². The van der Waals surface area contributed by atoms with Crippen LogP contribution in [-0.2, 0) is 4.79 Å². The second-order valence-electron chi connectivity index (χ2n) is 5.77. The van der Waals surface area contributed by atoms with Crippen molar-refractivity contribution in [3.63, 3.8) is 0 Å². The first-order valence-electron chi connectivity index (χ1n) is 8.20. The number of aromatic nitrogens is 3. The number of carbonyl (C=O) groups is 1. The summed E-state index contributed by atoms with van der Waals surface area (Å²) in [5, 5.41) is 6.01. The van der Waals surface area contributed by atoms with Gasteiger partial charge in [0.25, 0.3) is 0 Å². The quantitative estimate of drug-likeness (QED) is 0.584. The lowest BCUT2D eigenvalue weighted by atomic mass is 10.1. The van der Waals surface area contributed by atoms with Crippen LogP contribution in [-0.4, -0.2) is 27.4 Å². The van der Waals surface area contributed by atoms with Crippen molar-refractivity contribution in [1.29, 1.82) is 0 Å². The van der Waals surface area contributed by atoms with Crippen molar-refractivity contribution in [2.75, 3.05) is 16.8 Å². The maximum atomic E-state index is 12.0. The minimum Gasteiger partial charge on any atom is -0.325 e. The molecule has 4 heterocycles. The normalized spacial score (nSPS) is 13.0. The Hall–Kier alpha value is -1.93. The Labute approximate surface area is 186 Å². The number of rotatable bonds is 4. The first-order chi connectivity index (χ1) is 12.3. The van der Waals surface area contributed by atoms with Crippen LogP contribution in [0.25, 0.3) is 10.7 Å². The SMILES string of the molecule is Cl.Cl.Cl.O=C1CCCCN1c1ccc(Nc2cccc(-c3nccs3)n2)nc1. The van der Waals surface area contributed by atoms with E-state index in [4.69, 9.17) is 0 Å². The molecule has 0 saturated carbocycles. The second-order valence-corrected chi connectivity index (χ2v) is 6.67. The zero-order valence-corrected chi connectivity index (χ0v) is 18.0. The van der Waals surface area contributed by atoms with Gasteiger partial charge in [-0.3, -0.25) is 4.79 Å². The van der Waals surface area contributed by atoms with E-state index < -0.39 is 0 Å². The average Bonchev–Trinajstić information content (AvgIpc) is 3.18. The summed E-state index contributed by atoms with van der Waals surface area (Å²) in [6.07, 6.45) is 6.14. The summed E-state index contributed by atoms with van der Waals surface area (Å²) >= 11 is 1.55. The Bertz CT molecular complexity index is 877. The third kappa shape index (κ3) is 5.54. The van der Waals surface area contributed by atoms with E-state index in [9.17, 15) is 4.79 Å². The molecule has 28 heavy (non-hydrogen) atoms. The number of piperidine rings is 1. The molecule has 1 N–H and O–H groups in total. The lowest BCUT2D eigenvalue weighted by Crippen LogP contribution is -2.35. The highest BCUT2D eigenvalue weighted by Gasteiger charge is 2.19. The number of pyridine rings is 2. The summed E-state index contributed by atoms with van der Waals surface area (Å²) in [6.45, 7) is 0.769. The Kier molecular flexibility index (Phi) is 9.61. The number of anilines is 3. The average molecular weight is 461 g/mol. The molecule has 0 radical (unpaired) electrons. The molecule has 1 saturated heterocycles. The van der Waals surface area contributed by atoms with E-state index >= 15 is 0 Å². The summed E-state index contributed by atoms with van der Waals surface area (Å²) in [4.78, 5) is 27.1. The summed E-state index contributed by atoms with van der Waals surface area (Å²) in [7, 11) is 0. The largest absolute Gasteiger partial charge is 0.325 e. The summed E-state index contributed by atoms with van der Waals surface area (Å²) in [5.74, 6) is 1.57. The highest BCUT2D eigenvalue weighted by molar-refractivity contribution is 7.13. The van der Waals surface area contributed by atoms with Gasteiger partial charge in [0.2, 0.25) is 5.91 Å². The van der Waals surface area contributed by atoms with Crippen molar-refractivity contribution in [1.82, 2.24) is 15.0 Å². The zero-order valence-electron chi connectivity index (χ0n) is 14.8. The minimum atomic E-state index is 0. The number of amides is 1. The summed E-state index contributed by atoms with van der Waals surface area (Å²) < 4.78 is 0. The van der Waals surface area contributed by atoms with Crippen LogP contribution in [0.3, 0.4) is 0 Å². The molecule has 0 unspecified atom stereocenters. The standard InChI is InChI=1S/C18H17N5OS.3ClH/c24-17-6-1-2-10-23(17)13-7-8-15(20-12-13)22-16-5-3-4-14(21-16)18-19-9-11-25-18;;;/h3-5,7-9,11-12H,1-2,6,10H2,(H,20,21,22);3*1H. The van der Waals surface area contributed by atoms with Gasteiger partial charge in [-0.15, -0.1) is 48.6 Å². The smallest absolute Gasteiger partial charge is 0.227 e. The van der Waals surface area contributed by atoms with Gasteiger partial charge < -0.3 is 10.2 Å². The molecule has 10 heteroatoms. The molecule has 3 aromatic heterocycles. The molecule has 0 spiro atoms. The van der Waals surface area contributed by atoms with Crippen LogP contribution in [0.4, 0.5) is 17.3 Å². The van der Waals surface area contributed by atoms with Crippen molar-refractivity contribution in [2.45, 2.75) is 19.3 Å². The van der Waals surface area contributed by atoms with Crippen molar-refractivity contribution in [3.8, 4) is 10.7 Å². The lowest BCUT2D eigenvalue weighted by molar-refractivity contribution is -0.119. The Balaban J connectivity index is 0.00000131. The van der Waals surface area contributed by atoms with Gasteiger partial charge in [0, 0.05) is 24.5 Å². The van der Waals surface area contributed by atoms with Gasteiger partial charge in [-0.05, 0) is 37.1 Å². The Morgan fingerprint density at radius 3 is 2.54 bits per heavy atom. The predicted molar refractivity (Wildman–Crippen MR) is 121 cm³/mol. The van der Waals surface area contributed by atoms with Crippen LogP contribution < -0.4 is 10.2 Å². The number of thiazole rings is 1. The van der Waals surface area contributed by atoms with Gasteiger partial charge in [0.15, 0.2) is 0 Å². The van der Waals surface area contributed by atoms with E-state index in [1.807, 2.05) is 40.6 Å². The van der Waals surface area contributed by atoms with Gasteiger partial charge in [-0.1, -0.05) is 6.07 Å². The van der Waals surface area contributed by atoms with E-state index in [0.717, 1.165) is 35.8 Å². The van der Waals surface area contributed by atoms with Gasteiger partial charge in [0.1, 0.15) is 22.3 Å². The van der Waals surface area contributed by atoms with E-state index in [2.05, 4.69) is 20.3 Å². The molecule has 6 nitrogen and oxygen atoms in total. The maximum Gasteiger partial charge on any atom is 0.227 e. The van der Waals surface area contributed by atoms with E-state index in [0.29, 0.717) is 18.1 Å². The number of hydrogen-bond acceptors (Lipinski definition) is 6. The van der Waals surface area contributed by atoms with Gasteiger partial charge >= 0.3 is 0 Å². The molecular weight excluding hydrogens is 441 g/mol.